The fourth-order valence-corrected chi connectivity index (χ4v) is 4.10. The first-order chi connectivity index (χ1) is 15.6. The number of rotatable bonds is 3. The smallest absolute Gasteiger partial charge is 0.300 e. The van der Waals surface area contributed by atoms with Crippen molar-refractivity contribution in [2.24, 2.45) is 0 Å². The largest absolute Gasteiger partial charge is 0.507 e. The van der Waals surface area contributed by atoms with Crippen LogP contribution in [0.3, 0.4) is 0 Å². The molecule has 0 saturated carbocycles. The van der Waals surface area contributed by atoms with Crippen LogP contribution in [0.4, 0.5) is 5.69 Å². The molecule has 0 bridgehead atoms. The number of Topliss-reactive ketones (excluding diaryl/α,β-unsaturated/α-hetero) is 1. The van der Waals surface area contributed by atoms with Crippen molar-refractivity contribution in [2.45, 2.75) is 12.5 Å². The minimum atomic E-state index is -0.909. The average molecular weight is 423 g/mol. The molecule has 1 unspecified atom stereocenters. The van der Waals surface area contributed by atoms with Gasteiger partial charge >= 0.3 is 0 Å². The Morgan fingerprint density at radius 1 is 1.12 bits per heavy atom. The number of ether oxygens (including phenoxy) is 1. The number of aliphatic hydroxyl groups excluding tert-OH is 1. The molecule has 2 aliphatic rings. The first-order valence-electron chi connectivity index (χ1n) is 10.1. The van der Waals surface area contributed by atoms with E-state index in [1.807, 2.05) is 6.07 Å². The number of carbonyl (C=O) groups is 2. The van der Waals surface area contributed by atoms with Crippen LogP contribution < -0.4 is 9.64 Å². The van der Waals surface area contributed by atoms with Crippen molar-refractivity contribution >= 4 is 23.1 Å². The average Bonchev–Trinajstić information content (AvgIpc) is 3.41. The lowest BCUT2D eigenvalue weighted by molar-refractivity contribution is -0.132. The number of fused-ring (bicyclic) bond motifs is 1. The van der Waals surface area contributed by atoms with Gasteiger partial charge in [0, 0.05) is 23.9 Å². The summed E-state index contributed by atoms with van der Waals surface area (Å²) < 4.78 is 5.52. The number of benzene rings is 2. The maximum atomic E-state index is 13.1. The Hall–Kier alpha value is -4.44. The third kappa shape index (κ3) is 3.10. The highest BCUT2D eigenvalue weighted by atomic mass is 16.5. The number of aromatic nitrogens is 1. The maximum Gasteiger partial charge on any atom is 0.300 e. The lowest BCUT2D eigenvalue weighted by atomic mass is 9.97. The predicted molar refractivity (Wildman–Crippen MR) is 116 cm³/mol. The number of hydrogen-bond acceptors (Lipinski definition) is 6. The van der Waals surface area contributed by atoms with Crippen molar-refractivity contribution in [3.8, 4) is 11.8 Å². The number of nitriles is 1. The highest BCUT2D eigenvalue weighted by molar-refractivity contribution is 6.51. The van der Waals surface area contributed by atoms with Crippen LogP contribution in [0, 0.1) is 11.3 Å². The van der Waals surface area contributed by atoms with E-state index in [2.05, 4.69) is 4.98 Å². The summed E-state index contributed by atoms with van der Waals surface area (Å²) in [5.41, 5.74) is 2.65. The highest BCUT2D eigenvalue weighted by Gasteiger charge is 2.47. The van der Waals surface area contributed by atoms with Gasteiger partial charge in [-0.2, -0.15) is 5.26 Å². The summed E-state index contributed by atoms with van der Waals surface area (Å²) in [5, 5.41) is 20.3. The van der Waals surface area contributed by atoms with Crippen molar-refractivity contribution in [2.75, 3.05) is 11.5 Å². The van der Waals surface area contributed by atoms with E-state index in [1.165, 1.54) is 4.90 Å². The second kappa shape index (κ2) is 7.67. The van der Waals surface area contributed by atoms with Gasteiger partial charge in [0.25, 0.3) is 11.7 Å². The van der Waals surface area contributed by atoms with Crippen molar-refractivity contribution < 1.29 is 19.4 Å². The minimum absolute atomic E-state index is 0.0306. The molecular weight excluding hydrogens is 406 g/mol. The van der Waals surface area contributed by atoms with Crippen LogP contribution in [-0.2, 0) is 16.0 Å². The number of amides is 1. The van der Waals surface area contributed by atoms with E-state index in [9.17, 15) is 14.7 Å². The molecule has 7 nitrogen and oxygen atoms in total. The Kier molecular flexibility index (Phi) is 4.68. The molecule has 1 aromatic heterocycles. The Labute approximate surface area is 183 Å². The van der Waals surface area contributed by atoms with Crippen LogP contribution >= 0.6 is 0 Å². The number of pyridine rings is 1. The monoisotopic (exact) mass is 423 g/mol. The number of carbonyl (C=O) groups excluding carboxylic acids is 2. The van der Waals surface area contributed by atoms with Gasteiger partial charge in [0.2, 0.25) is 0 Å². The van der Waals surface area contributed by atoms with Crippen LogP contribution in [0.15, 0.2) is 72.4 Å². The van der Waals surface area contributed by atoms with Gasteiger partial charge in [0.15, 0.2) is 0 Å². The van der Waals surface area contributed by atoms with Crippen LogP contribution in [0.2, 0.25) is 0 Å². The standard InChI is InChI=1S/C25H17N3O4/c26-14-15-4-7-18(8-5-15)28-22(19-3-1-2-11-27-19)21(24(30)25(28)31)23(29)17-6-9-20-16(13-17)10-12-32-20/h1-9,11,13,22,29H,10,12H2/b23-21-. The molecule has 1 N–H and O–H groups in total. The van der Waals surface area contributed by atoms with Crippen LogP contribution in [0.5, 0.6) is 5.75 Å². The topological polar surface area (TPSA) is 104 Å². The molecule has 156 valence electrons. The molecule has 0 radical (unpaired) electrons. The van der Waals surface area contributed by atoms with E-state index in [-0.39, 0.29) is 11.3 Å². The molecule has 2 aromatic carbocycles. The fraction of sp³-hybridized carbons (Fsp3) is 0.120. The summed E-state index contributed by atoms with van der Waals surface area (Å²) in [7, 11) is 0. The molecule has 7 heteroatoms. The molecule has 0 spiro atoms. The molecule has 3 heterocycles. The molecule has 1 atom stereocenters. The number of nitrogens with zero attached hydrogens (tertiary/aromatic N) is 3. The number of ketones is 1. The molecule has 5 rings (SSSR count). The number of anilines is 1. The van der Waals surface area contributed by atoms with Crippen molar-refractivity contribution in [3.63, 3.8) is 0 Å². The zero-order chi connectivity index (χ0) is 22.2. The van der Waals surface area contributed by atoms with Gasteiger partial charge < -0.3 is 9.84 Å². The second-order valence-electron chi connectivity index (χ2n) is 7.50. The van der Waals surface area contributed by atoms with Crippen molar-refractivity contribution in [1.82, 2.24) is 4.98 Å². The van der Waals surface area contributed by atoms with Crippen LogP contribution in [-0.4, -0.2) is 28.4 Å². The minimum Gasteiger partial charge on any atom is -0.507 e. The molecule has 2 aliphatic heterocycles. The zero-order valence-electron chi connectivity index (χ0n) is 16.9. The maximum absolute atomic E-state index is 13.1. The summed E-state index contributed by atoms with van der Waals surface area (Å²) in [6.07, 6.45) is 2.28. The van der Waals surface area contributed by atoms with Crippen molar-refractivity contribution in [1.29, 1.82) is 5.26 Å². The summed E-state index contributed by atoms with van der Waals surface area (Å²) in [6.45, 7) is 0.566. The normalized spacial score (nSPS) is 18.8. The van der Waals surface area contributed by atoms with Crippen molar-refractivity contribution in [3.05, 3.63) is 94.8 Å². The molecule has 1 fully saturated rings. The van der Waals surface area contributed by atoms with E-state index in [4.69, 9.17) is 10.00 Å². The van der Waals surface area contributed by atoms with Crippen LogP contribution in [0.25, 0.3) is 5.76 Å². The first-order valence-corrected chi connectivity index (χ1v) is 10.1. The Morgan fingerprint density at radius 2 is 1.94 bits per heavy atom. The summed E-state index contributed by atoms with van der Waals surface area (Å²) in [4.78, 5) is 31.9. The van der Waals surface area contributed by atoms with Crippen LogP contribution in [0.1, 0.15) is 28.4 Å². The molecule has 0 aliphatic carbocycles. The van der Waals surface area contributed by atoms with Gasteiger partial charge in [-0.3, -0.25) is 19.5 Å². The molecule has 1 amide bonds. The van der Waals surface area contributed by atoms with Gasteiger partial charge in [0.05, 0.1) is 29.5 Å². The lowest BCUT2D eigenvalue weighted by Gasteiger charge is -2.24. The molecular formula is C25H17N3O4. The summed E-state index contributed by atoms with van der Waals surface area (Å²) in [6, 6.07) is 17.9. The SMILES string of the molecule is N#Cc1ccc(N2C(=O)C(=O)/C(=C(\O)c3ccc4c(c3)CCO4)C2c2ccccn2)cc1. The van der Waals surface area contributed by atoms with E-state index < -0.39 is 17.7 Å². The Morgan fingerprint density at radius 3 is 2.66 bits per heavy atom. The first kappa shape index (κ1) is 19.5. The van der Waals surface area contributed by atoms with E-state index in [0.29, 0.717) is 35.5 Å². The highest BCUT2D eigenvalue weighted by Crippen LogP contribution is 2.42. The summed E-state index contributed by atoms with van der Waals surface area (Å²) in [5.74, 6) is -1.07. The lowest BCUT2D eigenvalue weighted by Crippen LogP contribution is -2.29. The summed E-state index contributed by atoms with van der Waals surface area (Å²) >= 11 is 0. The Bertz CT molecular complexity index is 1310. The van der Waals surface area contributed by atoms with Gasteiger partial charge in [-0.1, -0.05) is 6.07 Å². The molecule has 32 heavy (non-hydrogen) atoms. The van der Waals surface area contributed by atoms with E-state index in [0.717, 1.165) is 11.3 Å². The fourth-order valence-electron chi connectivity index (χ4n) is 4.10. The molecule has 1 saturated heterocycles. The Balaban J connectivity index is 1.68. The zero-order valence-corrected chi connectivity index (χ0v) is 16.9. The van der Waals surface area contributed by atoms with Gasteiger partial charge in [-0.05, 0) is 60.2 Å². The third-order valence-electron chi connectivity index (χ3n) is 5.65. The van der Waals surface area contributed by atoms with E-state index in [1.54, 1.807) is 66.9 Å². The van der Waals surface area contributed by atoms with Gasteiger partial charge in [-0.15, -0.1) is 0 Å². The second-order valence-corrected chi connectivity index (χ2v) is 7.50. The molecule has 3 aromatic rings. The van der Waals surface area contributed by atoms with Gasteiger partial charge in [-0.25, -0.2) is 0 Å². The quantitative estimate of drug-likeness (QED) is 0.393. The number of aliphatic hydroxyl groups is 1. The van der Waals surface area contributed by atoms with E-state index >= 15 is 0 Å². The predicted octanol–water partition coefficient (Wildman–Crippen LogP) is 3.51. The number of hydrogen-bond donors (Lipinski definition) is 1. The van der Waals surface area contributed by atoms with Gasteiger partial charge in [0.1, 0.15) is 17.6 Å². The third-order valence-corrected chi connectivity index (χ3v) is 5.65.